The lowest BCUT2D eigenvalue weighted by molar-refractivity contribution is 0.243. The van der Waals surface area contributed by atoms with Crippen LogP contribution in [-0.4, -0.2) is 19.7 Å². The van der Waals surface area contributed by atoms with Crippen LogP contribution >= 0.6 is 0 Å². The predicted molar refractivity (Wildman–Crippen MR) is 102 cm³/mol. The van der Waals surface area contributed by atoms with Crippen molar-refractivity contribution in [3.05, 3.63) is 64.4 Å². The first-order chi connectivity index (χ1) is 13.0. The quantitative estimate of drug-likeness (QED) is 0.581. The molecular formula is C20H20N4O3. The van der Waals surface area contributed by atoms with E-state index < -0.39 is 0 Å². The second-order valence-corrected chi connectivity index (χ2v) is 6.74. The maximum atomic E-state index is 12.1. The first-order valence-electron chi connectivity index (χ1n) is 8.78. The molecule has 0 saturated carbocycles. The fourth-order valence-corrected chi connectivity index (χ4v) is 3.06. The number of hydrogen-bond acceptors (Lipinski definition) is 5. The molecule has 2 aromatic heterocycles. The van der Waals surface area contributed by atoms with Crippen LogP contribution in [0, 0.1) is 6.92 Å². The third-order valence-corrected chi connectivity index (χ3v) is 4.31. The van der Waals surface area contributed by atoms with Gasteiger partial charge in [-0.2, -0.15) is 4.98 Å². The van der Waals surface area contributed by atoms with Gasteiger partial charge in [-0.25, -0.2) is 4.79 Å². The van der Waals surface area contributed by atoms with E-state index in [4.69, 9.17) is 9.26 Å². The fourth-order valence-electron chi connectivity index (χ4n) is 3.06. The van der Waals surface area contributed by atoms with Crippen LogP contribution in [0.15, 0.2) is 51.8 Å². The lowest BCUT2D eigenvalue weighted by atomic mass is 10.2. The van der Waals surface area contributed by atoms with E-state index in [1.807, 2.05) is 63.2 Å². The highest BCUT2D eigenvalue weighted by Gasteiger charge is 2.14. The molecule has 0 radical (unpaired) electrons. The van der Waals surface area contributed by atoms with Crippen LogP contribution in [-0.2, 0) is 6.61 Å². The Labute approximate surface area is 155 Å². The van der Waals surface area contributed by atoms with Gasteiger partial charge in [0.2, 0.25) is 5.82 Å². The highest BCUT2D eigenvalue weighted by Crippen LogP contribution is 2.23. The summed E-state index contributed by atoms with van der Waals surface area (Å²) in [7, 11) is 0. The van der Waals surface area contributed by atoms with Gasteiger partial charge in [-0.3, -0.25) is 4.57 Å². The fraction of sp³-hybridized carbons (Fsp3) is 0.250. The van der Waals surface area contributed by atoms with Crippen LogP contribution < -0.4 is 10.4 Å². The third kappa shape index (κ3) is 3.36. The average Bonchev–Trinajstić information content (AvgIpc) is 3.22. The minimum atomic E-state index is -0.127. The monoisotopic (exact) mass is 364 g/mol. The first-order valence-corrected chi connectivity index (χ1v) is 8.78. The molecule has 2 heterocycles. The maximum Gasteiger partial charge on any atom is 0.326 e. The van der Waals surface area contributed by atoms with Crippen LogP contribution in [0.2, 0.25) is 0 Å². The van der Waals surface area contributed by atoms with Gasteiger partial charge in [0.25, 0.3) is 5.89 Å². The molecular weight excluding hydrogens is 344 g/mol. The van der Waals surface area contributed by atoms with Gasteiger partial charge < -0.3 is 14.2 Å². The average molecular weight is 364 g/mol. The highest BCUT2D eigenvalue weighted by atomic mass is 16.5. The van der Waals surface area contributed by atoms with Crippen LogP contribution in [0.25, 0.3) is 22.4 Å². The number of ether oxygens (including phenoxy) is 1. The number of benzene rings is 2. The topological polar surface area (TPSA) is 85.9 Å². The van der Waals surface area contributed by atoms with E-state index in [1.165, 1.54) is 0 Å². The molecule has 2 aromatic carbocycles. The Balaban J connectivity index is 1.56. The second-order valence-electron chi connectivity index (χ2n) is 6.74. The summed E-state index contributed by atoms with van der Waals surface area (Å²) in [6.07, 6.45) is 0. The zero-order chi connectivity index (χ0) is 19.0. The molecule has 0 aliphatic carbocycles. The molecule has 4 aromatic rings. The molecule has 0 aliphatic heterocycles. The largest absolute Gasteiger partial charge is 0.484 e. The van der Waals surface area contributed by atoms with Crippen molar-refractivity contribution in [2.75, 3.05) is 0 Å². The van der Waals surface area contributed by atoms with Gasteiger partial charge in [0.05, 0.1) is 11.0 Å². The van der Waals surface area contributed by atoms with Gasteiger partial charge in [0.1, 0.15) is 5.75 Å². The number of fused-ring (bicyclic) bond motifs is 1. The molecule has 138 valence electrons. The molecule has 0 unspecified atom stereocenters. The van der Waals surface area contributed by atoms with Gasteiger partial charge in [-0.1, -0.05) is 17.3 Å². The summed E-state index contributed by atoms with van der Waals surface area (Å²) >= 11 is 0. The van der Waals surface area contributed by atoms with Crippen LogP contribution in [0.4, 0.5) is 0 Å². The van der Waals surface area contributed by atoms with Gasteiger partial charge in [0.15, 0.2) is 6.61 Å². The lowest BCUT2D eigenvalue weighted by Crippen LogP contribution is -2.18. The van der Waals surface area contributed by atoms with E-state index in [2.05, 4.69) is 15.1 Å². The molecule has 0 spiro atoms. The number of nitrogens with one attached hydrogen (secondary N) is 1. The van der Waals surface area contributed by atoms with E-state index in [0.29, 0.717) is 11.7 Å². The van der Waals surface area contributed by atoms with Crippen molar-refractivity contribution in [2.24, 2.45) is 0 Å². The van der Waals surface area contributed by atoms with Crippen LogP contribution in [0.3, 0.4) is 0 Å². The van der Waals surface area contributed by atoms with E-state index in [1.54, 1.807) is 4.57 Å². The van der Waals surface area contributed by atoms with Gasteiger partial charge in [-0.15, -0.1) is 0 Å². The maximum absolute atomic E-state index is 12.1. The van der Waals surface area contributed by atoms with E-state index >= 15 is 0 Å². The Kier molecular flexibility index (Phi) is 4.27. The minimum absolute atomic E-state index is 0.0765. The minimum Gasteiger partial charge on any atom is -0.484 e. The Morgan fingerprint density at radius 3 is 2.85 bits per heavy atom. The first kappa shape index (κ1) is 17.1. The zero-order valence-electron chi connectivity index (χ0n) is 15.4. The van der Waals surface area contributed by atoms with Gasteiger partial charge >= 0.3 is 5.69 Å². The van der Waals surface area contributed by atoms with E-state index in [0.717, 1.165) is 27.9 Å². The number of aromatic amines is 1. The van der Waals surface area contributed by atoms with Crippen molar-refractivity contribution >= 4 is 11.0 Å². The molecule has 0 atom stereocenters. The third-order valence-electron chi connectivity index (χ3n) is 4.31. The summed E-state index contributed by atoms with van der Waals surface area (Å²) in [6.45, 7) is 6.15. The normalized spacial score (nSPS) is 11.4. The standard InChI is InChI=1S/C20H20N4O3/c1-12(2)24-17-8-7-14(10-16(17)21-20(24)25)19-22-18(27-23-19)11-26-15-6-4-5-13(3)9-15/h4-10,12H,11H2,1-3H3,(H,21,25). The number of aromatic nitrogens is 4. The second kappa shape index (κ2) is 6.75. The molecule has 0 aliphatic rings. The van der Waals surface area contributed by atoms with Crippen molar-refractivity contribution in [1.82, 2.24) is 19.7 Å². The van der Waals surface area contributed by atoms with Gasteiger partial charge in [0, 0.05) is 11.6 Å². The Hall–Kier alpha value is -3.35. The van der Waals surface area contributed by atoms with Crippen LogP contribution in [0.5, 0.6) is 5.75 Å². The van der Waals surface area contributed by atoms with E-state index in [9.17, 15) is 4.79 Å². The zero-order valence-corrected chi connectivity index (χ0v) is 15.4. The molecule has 1 N–H and O–H groups in total. The summed E-state index contributed by atoms with van der Waals surface area (Å²) < 4.78 is 12.7. The molecule has 0 fully saturated rings. The Morgan fingerprint density at radius 2 is 2.07 bits per heavy atom. The summed E-state index contributed by atoms with van der Waals surface area (Å²) in [5.74, 6) is 1.60. The molecule has 27 heavy (non-hydrogen) atoms. The summed E-state index contributed by atoms with van der Waals surface area (Å²) in [6, 6.07) is 13.5. The number of aryl methyl sites for hydroxylation is 1. The van der Waals surface area contributed by atoms with E-state index in [-0.39, 0.29) is 18.3 Å². The molecule has 7 heteroatoms. The molecule has 0 saturated heterocycles. The van der Waals surface area contributed by atoms with Crippen LogP contribution in [0.1, 0.15) is 31.3 Å². The number of H-pyrrole nitrogens is 1. The van der Waals surface area contributed by atoms with Crippen molar-refractivity contribution < 1.29 is 9.26 Å². The van der Waals surface area contributed by atoms with Crippen molar-refractivity contribution in [3.63, 3.8) is 0 Å². The van der Waals surface area contributed by atoms with Crippen molar-refractivity contribution in [3.8, 4) is 17.1 Å². The summed E-state index contributed by atoms with van der Waals surface area (Å²) in [5.41, 5.74) is 3.36. The summed E-state index contributed by atoms with van der Waals surface area (Å²) in [5, 5.41) is 4.02. The predicted octanol–water partition coefficient (Wildman–Crippen LogP) is 3.85. The van der Waals surface area contributed by atoms with Crippen molar-refractivity contribution in [1.29, 1.82) is 0 Å². The summed E-state index contributed by atoms with van der Waals surface area (Å²) in [4.78, 5) is 19.4. The smallest absolute Gasteiger partial charge is 0.326 e. The Bertz CT molecular complexity index is 1150. The van der Waals surface area contributed by atoms with Gasteiger partial charge in [-0.05, 0) is 56.7 Å². The highest BCUT2D eigenvalue weighted by molar-refractivity contribution is 5.80. The molecule has 4 rings (SSSR count). The lowest BCUT2D eigenvalue weighted by Gasteiger charge is -2.06. The Morgan fingerprint density at radius 1 is 1.22 bits per heavy atom. The number of hydrogen-bond donors (Lipinski definition) is 1. The molecule has 0 amide bonds. The SMILES string of the molecule is Cc1cccc(OCc2nc(-c3ccc4c(c3)[nH]c(=O)n4C(C)C)no2)c1. The number of rotatable bonds is 5. The molecule has 7 nitrogen and oxygen atoms in total. The van der Waals surface area contributed by atoms with Crippen molar-refractivity contribution in [2.45, 2.75) is 33.4 Å². The number of imidazole rings is 1. The number of nitrogens with zero attached hydrogens (tertiary/aromatic N) is 3. The molecule has 0 bridgehead atoms.